The van der Waals surface area contributed by atoms with Gasteiger partial charge in [-0.25, -0.2) is 0 Å². The number of fused-ring (bicyclic) bond motifs is 1. The SMILES string of the molecule is Cc1cccnc1C(=O)Nc1ccc(N2CCOCC2)c2cccnc12. The zero-order valence-corrected chi connectivity index (χ0v) is 14.6. The monoisotopic (exact) mass is 348 g/mol. The molecule has 6 nitrogen and oxygen atoms in total. The maximum absolute atomic E-state index is 12.6. The predicted octanol–water partition coefficient (Wildman–Crippen LogP) is 3.03. The number of benzene rings is 1. The molecule has 132 valence electrons. The summed E-state index contributed by atoms with van der Waals surface area (Å²) >= 11 is 0. The van der Waals surface area contributed by atoms with E-state index in [1.165, 1.54) is 0 Å². The van der Waals surface area contributed by atoms with Gasteiger partial charge in [0.05, 0.1) is 24.4 Å². The third kappa shape index (κ3) is 3.11. The van der Waals surface area contributed by atoms with Crippen LogP contribution in [0.25, 0.3) is 10.9 Å². The molecule has 3 heterocycles. The van der Waals surface area contributed by atoms with Crippen molar-refractivity contribution in [2.24, 2.45) is 0 Å². The summed E-state index contributed by atoms with van der Waals surface area (Å²) in [5.41, 5.74) is 3.84. The number of ether oxygens (including phenoxy) is 1. The second-order valence-corrected chi connectivity index (χ2v) is 6.25. The smallest absolute Gasteiger partial charge is 0.274 e. The molecule has 3 aromatic rings. The van der Waals surface area contributed by atoms with E-state index in [9.17, 15) is 4.79 Å². The Hall–Kier alpha value is -2.99. The standard InChI is InChI=1S/C20H20N4O2/c1-14-4-2-8-21-18(14)20(25)23-16-6-7-17(24-10-12-26-13-11-24)15-5-3-9-22-19(15)16/h2-9H,10-13H2,1H3,(H,23,25). The number of carbonyl (C=O) groups excluding carboxylic acids is 1. The van der Waals surface area contributed by atoms with Gasteiger partial charge in [-0.1, -0.05) is 6.07 Å². The van der Waals surface area contributed by atoms with Crippen LogP contribution in [0.2, 0.25) is 0 Å². The van der Waals surface area contributed by atoms with Gasteiger partial charge in [0.2, 0.25) is 0 Å². The number of rotatable bonds is 3. The summed E-state index contributed by atoms with van der Waals surface area (Å²) in [5.74, 6) is -0.228. The molecule has 0 saturated carbocycles. The van der Waals surface area contributed by atoms with Crippen molar-refractivity contribution in [3.8, 4) is 0 Å². The number of carbonyl (C=O) groups is 1. The average molecular weight is 348 g/mol. The van der Waals surface area contributed by atoms with Gasteiger partial charge in [0.1, 0.15) is 5.69 Å². The summed E-state index contributed by atoms with van der Waals surface area (Å²) < 4.78 is 5.45. The third-order valence-electron chi connectivity index (χ3n) is 4.57. The van der Waals surface area contributed by atoms with Crippen LogP contribution in [-0.4, -0.2) is 42.2 Å². The Kier molecular flexibility index (Phi) is 4.50. The number of aromatic nitrogens is 2. The van der Waals surface area contributed by atoms with Gasteiger partial charge >= 0.3 is 0 Å². The second kappa shape index (κ2) is 7.09. The number of nitrogens with one attached hydrogen (secondary N) is 1. The van der Waals surface area contributed by atoms with Gasteiger partial charge in [0.25, 0.3) is 5.91 Å². The number of hydrogen-bond acceptors (Lipinski definition) is 5. The number of hydrogen-bond donors (Lipinski definition) is 1. The molecule has 6 heteroatoms. The van der Waals surface area contributed by atoms with Crippen LogP contribution in [0.4, 0.5) is 11.4 Å². The Balaban J connectivity index is 1.70. The van der Waals surface area contributed by atoms with Crippen molar-refractivity contribution in [1.82, 2.24) is 9.97 Å². The van der Waals surface area contributed by atoms with Gasteiger partial charge in [-0.2, -0.15) is 0 Å². The third-order valence-corrected chi connectivity index (χ3v) is 4.57. The van der Waals surface area contributed by atoms with Crippen molar-refractivity contribution < 1.29 is 9.53 Å². The summed E-state index contributed by atoms with van der Waals surface area (Å²) in [6, 6.07) is 11.6. The molecule has 1 amide bonds. The summed E-state index contributed by atoms with van der Waals surface area (Å²) in [6.45, 7) is 5.02. The highest BCUT2D eigenvalue weighted by atomic mass is 16.5. The maximum Gasteiger partial charge on any atom is 0.274 e. The molecule has 0 atom stereocenters. The highest BCUT2D eigenvalue weighted by Gasteiger charge is 2.17. The lowest BCUT2D eigenvalue weighted by atomic mass is 10.1. The largest absolute Gasteiger partial charge is 0.378 e. The second-order valence-electron chi connectivity index (χ2n) is 6.25. The molecule has 1 saturated heterocycles. The van der Waals surface area contributed by atoms with Crippen molar-refractivity contribution in [3.05, 3.63) is 60.0 Å². The van der Waals surface area contributed by atoms with Gasteiger partial charge in [0.15, 0.2) is 0 Å². The predicted molar refractivity (Wildman–Crippen MR) is 102 cm³/mol. The molecule has 0 spiro atoms. The molecule has 0 unspecified atom stereocenters. The van der Waals surface area contributed by atoms with E-state index < -0.39 is 0 Å². The first-order valence-corrected chi connectivity index (χ1v) is 8.67. The van der Waals surface area contributed by atoms with Gasteiger partial charge in [0, 0.05) is 36.6 Å². The van der Waals surface area contributed by atoms with Crippen molar-refractivity contribution in [3.63, 3.8) is 0 Å². The van der Waals surface area contributed by atoms with Crippen LogP contribution in [0.3, 0.4) is 0 Å². The first-order chi connectivity index (χ1) is 12.7. The number of morpholine rings is 1. The van der Waals surface area contributed by atoms with Gasteiger partial charge < -0.3 is 15.0 Å². The topological polar surface area (TPSA) is 67.4 Å². The normalized spacial score (nSPS) is 14.4. The van der Waals surface area contributed by atoms with E-state index in [1.54, 1.807) is 12.4 Å². The van der Waals surface area contributed by atoms with E-state index in [-0.39, 0.29) is 5.91 Å². The van der Waals surface area contributed by atoms with Crippen molar-refractivity contribution >= 4 is 28.2 Å². The van der Waals surface area contributed by atoms with E-state index >= 15 is 0 Å². The fourth-order valence-electron chi connectivity index (χ4n) is 3.24. The van der Waals surface area contributed by atoms with Crippen LogP contribution in [0.1, 0.15) is 16.1 Å². The molecule has 26 heavy (non-hydrogen) atoms. The molecular weight excluding hydrogens is 328 g/mol. The summed E-state index contributed by atoms with van der Waals surface area (Å²) in [7, 11) is 0. The molecule has 1 aromatic carbocycles. The lowest BCUT2D eigenvalue weighted by molar-refractivity contribution is 0.102. The first-order valence-electron chi connectivity index (χ1n) is 8.67. The lowest BCUT2D eigenvalue weighted by Gasteiger charge is -2.30. The minimum absolute atomic E-state index is 0.228. The van der Waals surface area contributed by atoms with Crippen molar-refractivity contribution in [2.75, 3.05) is 36.5 Å². The van der Waals surface area contributed by atoms with E-state index in [4.69, 9.17) is 4.74 Å². The Morgan fingerprint density at radius 1 is 1.08 bits per heavy atom. The molecule has 1 N–H and O–H groups in total. The molecule has 2 aromatic heterocycles. The van der Waals surface area contributed by atoms with Crippen molar-refractivity contribution in [1.29, 1.82) is 0 Å². The minimum Gasteiger partial charge on any atom is -0.378 e. The van der Waals surface area contributed by atoms with E-state index in [0.29, 0.717) is 11.4 Å². The van der Waals surface area contributed by atoms with Crippen LogP contribution < -0.4 is 10.2 Å². The van der Waals surface area contributed by atoms with Gasteiger partial charge in [-0.15, -0.1) is 0 Å². The number of nitrogens with zero attached hydrogens (tertiary/aromatic N) is 3. The quantitative estimate of drug-likeness (QED) is 0.788. The Morgan fingerprint density at radius 3 is 2.65 bits per heavy atom. The zero-order chi connectivity index (χ0) is 17.9. The molecule has 0 aliphatic carbocycles. The first kappa shape index (κ1) is 16.5. The number of anilines is 2. The lowest BCUT2D eigenvalue weighted by Crippen LogP contribution is -2.36. The highest BCUT2D eigenvalue weighted by Crippen LogP contribution is 2.31. The Bertz CT molecular complexity index is 951. The molecule has 0 bridgehead atoms. The van der Waals surface area contributed by atoms with Gasteiger partial charge in [-0.3, -0.25) is 14.8 Å². The summed E-state index contributed by atoms with van der Waals surface area (Å²) in [5, 5.41) is 3.98. The fraction of sp³-hybridized carbons (Fsp3) is 0.250. The van der Waals surface area contributed by atoms with Crippen LogP contribution in [0.15, 0.2) is 48.8 Å². The number of pyridine rings is 2. The molecule has 1 aliphatic rings. The Morgan fingerprint density at radius 2 is 1.85 bits per heavy atom. The van der Waals surface area contributed by atoms with Crippen molar-refractivity contribution in [2.45, 2.75) is 6.92 Å². The van der Waals surface area contributed by atoms with Crippen LogP contribution >= 0.6 is 0 Å². The number of amides is 1. The maximum atomic E-state index is 12.6. The van der Waals surface area contributed by atoms with Crippen LogP contribution in [0.5, 0.6) is 0 Å². The molecule has 1 aliphatic heterocycles. The molecule has 0 radical (unpaired) electrons. The fourth-order valence-corrected chi connectivity index (χ4v) is 3.24. The summed E-state index contributed by atoms with van der Waals surface area (Å²) in [6.07, 6.45) is 3.37. The minimum atomic E-state index is -0.228. The Labute approximate surface area is 151 Å². The average Bonchev–Trinajstić information content (AvgIpc) is 2.69. The molecule has 4 rings (SSSR count). The van der Waals surface area contributed by atoms with E-state index in [1.807, 2.05) is 43.3 Å². The van der Waals surface area contributed by atoms with E-state index in [2.05, 4.69) is 20.2 Å². The van der Waals surface area contributed by atoms with Crippen LogP contribution in [-0.2, 0) is 4.74 Å². The van der Waals surface area contributed by atoms with Gasteiger partial charge in [-0.05, 0) is 42.8 Å². The molecule has 1 fully saturated rings. The zero-order valence-electron chi connectivity index (χ0n) is 14.6. The summed E-state index contributed by atoms with van der Waals surface area (Å²) in [4.78, 5) is 23.6. The highest BCUT2D eigenvalue weighted by molar-refractivity contribution is 6.09. The van der Waals surface area contributed by atoms with E-state index in [0.717, 1.165) is 48.5 Å². The van der Waals surface area contributed by atoms with Crippen LogP contribution in [0, 0.1) is 6.92 Å². The molecular formula is C20H20N4O2. The number of aryl methyl sites for hydroxylation is 1.